The lowest BCUT2D eigenvalue weighted by atomic mass is 10.0. The Morgan fingerprint density at radius 3 is 2.69 bits per heavy atom. The highest BCUT2D eigenvalue weighted by molar-refractivity contribution is 6.00. The molecule has 16 heavy (non-hydrogen) atoms. The van der Waals surface area contributed by atoms with Gasteiger partial charge in [-0.15, -0.1) is 0 Å². The van der Waals surface area contributed by atoms with E-state index in [1.54, 1.807) is 25.1 Å². The second kappa shape index (κ2) is 3.81. The third-order valence-corrected chi connectivity index (χ3v) is 2.36. The molecule has 0 spiro atoms. The molecular weight excluding hydrogens is 206 g/mol. The van der Waals surface area contributed by atoms with Gasteiger partial charge in [-0.2, -0.15) is 0 Å². The molecule has 4 nitrogen and oxygen atoms in total. The lowest BCUT2D eigenvalue weighted by Crippen LogP contribution is -1.95. The van der Waals surface area contributed by atoms with Gasteiger partial charge in [0, 0.05) is 0 Å². The molecule has 0 bridgehead atoms. The molecule has 0 radical (unpaired) electrons. The Kier molecular flexibility index (Phi) is 2.48. The standard InChI is InChI=1S/C12H11NO3/c1-7-11(8(2)14)12(16-13-7)9-5-3-4-6-10(9)15/h3-6,15H,1-2H3. The van der Waals surface area contributed by atoms with Gasteiger partial charge >= 0.3 is 0 Å². The van der Waals surface area contributed by atoms with Crippen LogP contribution in [0.5, 0.6) is 5.75 Å². The van der Waals surface area contributed by atoms with Gasteiger partial charge < -0.3 is 9.63 Å². The van der Waals surface area contributed by atoms with Gasteiger partial charge in [0.2, 0.25) is 0 Å². The number of aromatic hydroxyl groups is 1. The minimum Gasteiger partial charge on any atom is -0.507 e. The summed E-state index contributed by atoms with van der Waals surface area (Å²) >= 11 is 0. The summed E-state index contributed by atoms with van der Waals surface area (Å²) in [6.07, 6.45) is 0. The van der Waals surface area contributed by atoms with Crippen LogP contribution in [0.15, 0.2) is 28.8 Å². The molecule has 0 saturated carbocycles. The van der Waals surface area contributed by atoms with E-state index in [9.17, 15) is 9.90 Å². The fourth-order valence-corrected chi connectivity index (χ4v) is 1.63. The molecule has 0 unspecified atom stereocenters. The van der Waals surface area contributed by atoms with Crippen molar-refractivity contribution in [2.24, 2.45) is 0 Å². The van der Waals surface area contributed by atoms with Crippen LogP contribution in [-0.4, -0.2) is 16.0 Å². The zero-order valence-electron chi connectivity index (χ0n) is 9.02. The number of phenols is 1. The van der Waals surface area contributed by atoms with Crippen molar-refractivity contribution in [3.8, 4) is 17.1 Å². The molecule has 1 heterocycles. The molecule has 0 fully saturated rings. The van der Waals surface area contributed by atoms with Crippen molar-refractivity contribution in [1.82, 2.24) is 5.16 Å². The zero-order chi connectivity index (χ0) is 11.7. The van der Waals surface area contributed by atoms with Gasteiger partial charge in [-0.25, -0.2) is 0 Å². The van der Waals surface area contributed by atoms with E-state index in [0.717, 1.165) is 0 Å². The lowest BCUT2D eigenvalue weighted by molar-refractivity contribution is 0.101. The molecule has 0 amide bonds. The molecule has 0 aliphatic rings. The van der Waals surface area contributed by atoms with Crippen molar-refractivity contribution < 1.29 is 14.4 Å². The van der Waals surface area contributed by atoms with Crippen molar-refractivity contribution in [2.75, 3.05) is 0 Å². The summed E-state index contributed by atoms with van der Waals surface area (Å²) in [5.74, 6) is 0.265. The monoisotopic (exact) mass is 217 g/mol. The highest BCUT2D eigenvalue weighted by Gasteiger charge is 2.20. The maximum Gasteiger partial charge on any atom is 0.181 e. The minimum absolute atomic E-state index is 0.0705. The topological polar surface area (TPSA) is 63.3 Å². The largest absolute Gasteiger partial charge is 0.507 e. The number of phenolic OH excluding ortho intramolecular Hbond substituents is 1. The maximum absolute atomic E-state index is 11.5. The summed E-state index contributed by atoms with van der Waals surface area (Å²) in [5.41, 5.74) is 1.43. The number of rotatable bonds is 2. The van der Waals surface area contributed by atoms with Crippen LogP contribution in [0.3, 0.4) is 0 Å². The zero-order valence-corrected chi connectivity index (χ0v) is 9.02. The SMILES string of the molecule is CC(=O)c1c(C)noc1-c1ccccc1O. The second-order valence-electron chi connectivity index (χ2n) is 3.55. The Hall–Kier alpha value is -2.10. The fraction of sp³-hybridized carbons (Fsp3) is 0.167. The van der Waals surface area contributed by atoms with E-state index in [4.69, 9.17) is 4.52 Å². The highest BCUT2D eigenvalue weighted by Crippen LogP contribution is 2.32. The normalized spacial score (nSPS) is 10.4. The molecule has 0 aliphatic carbocycles. The summed E-state index contributed by atoms with van der Waals surface area (Å²) in [5, 5.41) is 13.4. The van der Waals surface area contributed by atoms with Crippen molar-refractivity contribution in [2.45, 2.75) is 13.8 Å². The number of nitrogens with zero attached hydrogens (tertiary/aromatic N) is 1. The van der Waals surface area contributed by atoms with Crippen LogP contribution in [0, 0.1) is 6.92 Å². The molecule has 2 rings (SSSR count). The molecule has 1 aromatic heterocycles. The van der Waals surface area contributed by atoms with Crippen molar-refractivity contribution in [1.29, 1.82) is 0 Å². The van der Waals surface area contributed by atoms with Gasteiger partial charge in [0.05, 0.1) is 16.8 Å². The number of benzene rings is 1. The molecule has 0 aliphatic heterocycles. The fourth-order valence-electron chi connectivity index (χ4n) is 1.63. The van der Waals surface area contributed by atoms with Crippen molar-refractivity contribution >= 4 is 5.78 Å². The third-order valence-electron chi connectivity index (χ3n) is 2.36. The van der Waals surface area contributed by atoms with Gasteiger partial charge in [-0.1, -0.05) is 17.3 Å². The predicted octanol–water partition coefficient (Wildman–Crippen LogP) is 2.56. The number of ketones is 1. The average Bonchev–Trinajstić information content (AvgIpc) is 2.61. The van der Waals surface area contributed by atoms with E-state index in [0.29, 0.717) is 22.6 Å². The number of para-hydroxylation sites is 1. The molecule has 2 aromatic rings. The lowest BCUT2D eigenvalue weighted by Gasteiger charge is -2.01. The first-order valence-electron chi connectivity index (χ1n) is 4.87. The van der Waals surface area contributed by atoms with Crippen LogP contribution in [0.1, 0.15) is 23.0 Å². The number of hydrogen-bond acceptors (Lipinski definition) is 4. The van der Waals surface area contributed by atoms with Crippen LogP contribution < -0.4 is 0 Å². The summed E-state index contributed by atoms with van der Waals surface area (Å²) in [6, 6.07) is 6.69. The van der Waals surface area contributed by atoms with Crippen LogP contribution >= 0.6 is 0 Å². The Morgan fingerprint density at radius 1 is 1.38 bits per heavy atom. The van der Waals surface area contributed by atoms with E-state index in [1.807, 2.05) is 0 Å². The quantitative estimate of drug-likeness (QED) is 0.785. The first-order valence-corrected chi connectivity index (χ1v) is 4.87. The van der Waals surface area contributed by atoms with Crippen molar-refractivity contribution in [3.63, 3.8) is 0 Å². The minimum atomic E-state index is -0.128. The molecule has 82 valence electrons. The van der Waals surface area contributed by atoms with Gasteiger partial charge in [-0.3, -0.25) is 4.79 Å². The summed E-state index contributed by atoms with van der Waals surface area (Å²) in [4.78, 5) is 11.5. The van der Waals surface area contributed by atoms with Crippen LogP contribution in [0.25, 0.3) is 11.3 Å². The number of carbonyl (C=O) groups is 1. The first kappa shape index (κ1) is 10.4. The van der Waals surface area contributed by atoms with Gasteiger partial charge in [0.15, 0.2) is 11.5 Å². The molecule has 4 heteroatoms. The second-order valence-corrected chi connectivity index (χ2v) is 3.55. The van der Waals surface area contributed by atoms with Crippen LogP contribution in [-0.2, 0) is 0 Å². The molecule has 1 aromatic carbocycles. The molecule has 0 saturated heterocycles. The maximum atomic E-state index is 11.5. The van der Waals surface area contributed by atoms with E-state index >= 15 is 0 Å². The van der Waals surface area contributed by atoms with E-state index in [-0.39, 0.29) is 11.5 Å². The smallest absolute Gasteiger partial charge is 0.181 e. The summed E-state index contributed by atoms with van der Waals surface area (Å²) in [7, 11) is 0. The summed E-state index contributed by atoms with van der Waals surface area (Å²) < 4.78 is 5.09. The van der Waals surface area contributed by atoms with Gasteiger partial charge in [0.1, 0.15) is 5.75 Å². The van der Waals surface area contributed by atoms with E-state index < -0.39 is 0 Å². The predicted molar refractivity (Wildman–Crippen MR) is 58.3 cm³/mol. The van der Waals surface area contributed by atoms with Gasteiger partial charge in [0.25, 0.3) is 0 Å². The third kappa shape index (κ3) is 1.58. The van der Waals surface area contributed by atoms with Gasteiger partial charge in [-0.05, 0) is 26.0 Å². The highest BCUT2D eigenvalue weighted by atomic mass is 16.5. The first-order chi connectivity index (χ1) is 7.61. The Morgan fingerprint density at radius 2 is 2.06 bits per heavy atom. The molecular formula is C12H11NO3. The molecule has 1 N–H and O–H groups in total. The van der Waals surface area contributed by atoms with E-state index in [1.165, 1.54) is 13.0 Å². The Labute approximate surface area is 92.5 Å². The van der Waals surface area contributed by atoms with Crippen LogP contribution in [0.4, 0.5) is 0 Å². The number of Topliss-reactive ketones (excluding diaryl/α,β-unsaturated/α-hetero) is 1. The van der Waals surface area contributed by atoms with Crippen molar-refractivity contribution in [3.05, 3.63) is 35.5 Å². The molecule has 0 atom stereocenters. The Bertz CT molecular complexity index is 543. The van der Waals surface area contributed by atoms with E-state index in [2.05, 4.69) is 5.16 Å². The number of aryl methyl sites for hydroxylation is 1. The number of carbonyl (C=O) groups excluding carboxylic acids is 1. The van der Waals surface area contributed by atoms with Crippen LogP contribution in [0.2, 0.25) is 0 Å². The number of aromatic nitrogens is 1. The number of hydrogen-bond donors (Lipinski definition) is 1. The summed E-state index contributed by atoms with van der Waals surface area (Å²) in [6.45, 7) is 3.15. The Balaban J connectivity index is 2.66. The average molecular weight is 217 g/mol.